The average molecular weight is 909 g/mol. The van der Waals surface area contributed by atoms with E-state index in [9.17, 15) is 62.0 Å². The van der Waals surface area contributed by atoms with Crippen LogP contribution in [0.4, 0.5) is 11.4 Å². The van der Waals surface area contributed by atoms with Crippen LogP contribution in [0.5, 0.6) is 0 Å². The number of amides is 4. The number of aliphatic hydroxyl groups excluding tert-OH is 2. The summed E-state index contributed by atoms with van der Waals surface area (Å²) >= 11 is 0. The molecule has 0 radical (unpaired) electrons. The van der Waals surface area contributed by atoms with Gasteiger partial charge in [-0.25, -0.2) is 16.8 Å². The lowest BCUT2D eigenvalue weighted by Crippen LogP contribution is -2.32. The standard InChI is InChI=1S/C36H36N4O16S4/c41-17-15-37-33(43)21-57(47,48)29-11-5-25(6-12-29)35(45)39-27-9-3-23(31(19-27)59(51,52)53)1-2-24-4-10-28(20-32(24)60(54,55)56)40-36(46)26-7-13-30(14-8-26)58(49,50)22-34(44)38-16-18-42/h1-14,19-20,41-42H,15-18,21-22H2,(H,37,43)(H,38,44)(H,39,45)(H,40,46)(H,51,52,53)(H,54,55,56). The molecule has 0 saturated heterocycles. The molecule has 4 rings (SSSR count). The van der Waals surface area contributed by atoms with Gasteiger partial charge in [0, 0.05) is 35.6 Å². The van der Waals surface area contributed by atoms with Gasteiger partial charge in [-0.3, -0.25) is 28.3 Å². The molecule has 8 N–H and O–H groups in total. The topological polar surface area (TPSA) is 334 Å². The zero-order valence-electron chi connectivity index (χ0n) is 30.8. The van der Waals surface area contributed by atoms with Crippen molar-refractivity contribution in [2.24, 2.45) is 0 Å². The second kappa shape index (κ2) is 19.5. The van der Waals surface area contributed by atoms with Crippen LogP contribution in [-0.2, 0) is 49.5 Å². The zero-order valence-corrected chi connectivity index (χ0v) is 34.1. The van der Waals surface area contributed by atoms with Crippen molar-refractivity contribution in [3.05, 3.63) is 107 Å². The van der Waals surface area contributed by atoms with Crippen LogP contribution in [0, 0.1) is 0 Å². The second-order valence-electron chi connectivity index (χ2n) is 12.4. The number of hydrogen-bond acceptors (Lipinski definition) is 14. The van der Waals surface area contributed by atoms with Crippen molar-refractivity contribution in [1.82, 2.24) is 10.6 Å². The molecule has 0 aliphatic carbocycles. The van der Waals surface area contributed by atoms with Crippen molar-refractivity contribution < 1.29 is 72.2 Å². The largest absolute Gasteiger partial charge is 0.395 e. The lowest BCUT2D eigenvalue weighted by molar-refractivity contribution is -0.119. The highest BCUT2D eigenvalue weighted by Gasteiger charge is 2.23. The molecule has 0 aliphatic heterocycles. The number of benzene rings is 4. The van der Waals surface area contributed by atoms with Crippen molar-refractivity contribution in [2.45, 2.75) is 19.6 Å². The first-order valence-corrected chi connectivity index (χ1v) is 23.2. The molecule has 0 heterocycles. The minimum atomic E-state index is -4.99. The SMILES string of the molecule is O=C(CS(=O)(=O)c1ccc(C(=O)Nc2ccc(C=Cc3ccc(NC(=O)c4ccc(S(=O)(=O)CC(=O)NCCO)cc4)cc3S(=O)(=O)O)c(S(=O)(=O)O)c2)cc1)NCCO. The third-order valence-electron chi connectivity index (χ3n) is 8.00. The molecule has 4 aromatic rings. The summed E-state index contributed by atoms with van der Waals surface area (Å²) in [5.74, 6) is -5.16. The quantitative estimate of drug-likeness (QED) is 0.0501. The normalized spacial score (nSPS) is 12.1. The lowest BCUT2D eigenvalue weighted by Gasteiger charge is -2.11. The fourth-order valence-electron chi connectivity index (χ4n) is 5.16. The Morgan fingerprint density at radius 3 is 1.13 bits per heavy atom. The first kappa shape index (κ1) is 46.8. The molecule has 0 aromatic heterocycles. The zero-order chi connectivity index (χ0) is 44.5. The van der Waals surface area contributed by atoms with Crippen LogP contribution < -0.4 is 21.3 Å². The van der Waals surface area contributed by atoms with Crippen LogP contribution in [0.1, 0.15) is 31.8 Å². The van der Waals surface area contributed by atoms with Gasteiger partial charge in [-0.1, -0.05) is 24.3 Å². The summed E-state index contributed by atoms with van der Waals surface area (Å²) in [6.45, 7) is -1.07. The van der Waals surface area contributed by atoms with Gasteiger partial charge >= 0.3 is 0 Å². The molecule has 0 saturated carbocycles. The number of anilines is 2. The van der Waals surface area contributed by atoms with Gasteiger partial charge in [0.15, 0.2) is 19.7 Å². The van der Waals surface area contributed by atoms with Crippen molar-refractivity contribution in [2.75, 3.05) is 48.4 Å². The van der Waals surface area contributed by atoms with E-state index >= 15 is 0 Å². The molecule has 320 valence electrons. The molecule has 24 heteroatoms. The summed E-state index contributed by atoms with van der Waals surface area (Å²) in [5, 5.41) is 26.8. The highest BCUT2D eigenvalue weighted by Crippen LogP contribution is 2.27. The minimum absolute atomic E-state index is 0.0735. The van der Waals surface area contributed by atoms with Crippen LogP contribution in [0.3, 0.4) is 0 Å². The van der Waals surface area contributed by atoms with E-state index in [1.54, 1.807) is 0 Å². The highest BCUT2D eigenvalue weighted by atomic mass is 32.2. The maximum atomic E-state index is 12.9. The van der Waals surface area contributed by atoms with Gasteiger partial charge in [0.1, 0.15) is 21.3 Å². The molecule has 60 heavy (non-hydrogen) atoms. The molecule has 0 fully saturated rings. The third kappa shape index (κ3) is 12.8. The Hall–Kier alpha value is -5.86. The molecule has 0 spiro atoms. The fraction of sp³-hybridized carbons (Fsp3) is 0.167. The molecule has 4 amide bonds. The molecular weight excluding hydrogens is 873 g/mol. The molecule has 0 bridgehead atoms. The number of carbonyl (C=O) groups is 4. The van der Waals surface area contributed by atoms with Gasteiger partial charge in [0.25, 0.3) is 32.1 Å². The van der Waals surface area contributed by atoms with E-state index in [0.29, 0.717) is 0 Å². The van der Waals surface area contributed by atoms with E-state index in [0.717, 1.165) is 84.9 Å². The maximum Gasteiger partial charge on any atom is 0.295 e. The van der Waals surface area contributed by atoms with Gasteiger partial charge in [-0.05, 0) is 83.9 Å². The Morgan fingerprint density at radius 1 is 0.500 bits per heavy atom. The first-order chi connectivity index (χ1) is 28.0. The highest BCUT2D eigenvalue weighted by molar-refractivity contribution is 7.92. The molecule has 0 atom stereocenters. The van der Waals surface area contributed by atoms with Gasteiger partial charge in [0.2, 0.25) is 11.8 Å². The minimum Gasteiger partial charge on any atom is -0.395 e. The predicted octanol–water partition coefficient (Wildman–Crippen LogP) is 0.619. The maximum absolute atomic E-state index is 12.9. The van der Waals surface area contributed by atoms with Crippen molar-refractivity contribution in [3.8, 4) is 0 Å². The molecule has 4 aromatic carbocycles. The number of nitrogens with one attached hydrogen (secondary N) is 4. The smallest absolute Gasteiger partial charge is 0.295 e. The van der Waals surface area contributed by atoms with Gasteiger partial charge in [0.05, 0.1) is 23.0 Å². The summed E-state index contributed by atoms with van der Waals surface area (Å²) in [6.07, 6.45) is 2.15. The van der Waals surface area contributed by atoms with E-state index < -0.39 is 98.0 Å². The number of hydrogen-bond donors (Lipinski definition) is 8. The monoisotopic (exact) mass is 908 g/mol. The van der Waals surface area contributed by atoms with E-state index in [-0.39, 0.29) is 56.5 Å². The Balaban J connectivity index is 1.51. The van der Waals surface area contributed by atoms with Gasteiger partial charge < -0.3 is 31.5 Å². The Morgan fingerprint density at radius 2 is 0.833 bits per heavy atom. The molecular formula is C36H36N4O16S4. The molecule has 0 aliphatic rings. The summed E-state index contributed by atoms with van der Waals surface area (Å²) in [6, 6.07) is 15.4. The molecule has 20 nitrogen and oxygen atoms in total. The van der Waals surface area contributed by atoms with Crippen LogP contribution in [0.25, 0.3) is 12.2 Å². The number of aliphatic hydroxyl groups is 2. The van der Waals surface area contributed by atoms with Crippen LogP contribution >= 0.6 is 0 Å². The second-order valence-corrected chi connectivity index (χ2v) is 19.2. The Kier molecular flexibility index (Phi) is 15.2. The first-order valence-electron chi connectivity index (χ1n) is 17.0. The van der Waals surface area contributed by atoms with Crippen molar-refractivity contribution in [1.29, 1.82) is 0 Å². The fourth-order valence-corrected chi connectivity index (χ4v) is 8.91. The lowest BCUT2D eigenvalue weighted by atomic mass is 10.1. The van der Waals surface area contributed by atoms with Crippen molar-refractivity contribution in [3.63, 3.8) is 0 Å². The van der Waals surface area contributed by atoms with Crippen molar-refractivity contribution >= 4 is 87.1 Å². The summed E-state index contributed by atoms with van der Waals surface area (Å²) < 4.78 is 120. The van der Waals surface area contributed by atoms with Gasteiger partial charge in [-0.15, -0.1) is 0 Å². The predicted molar refractivity (Wildman–Crippen MR) is 215 cm³/mol. The number of carbonyl (C=O) groups excluding carboxylic acids is 4. The van der Waals surface area contributed by atoms with Crippen LogP contribution in [0.2, 0.25) is 0 Å². The Bertz CT molecular complexity index is 2580. The van der Waals surface area contributed by atoms with Gasteiger partial charge in [-0.2, -0.15) is 16.8 Å². The molecule has 0 unspecified atom stereocenters. The number of rotatable bonds is 18. The Labute approximate surface area is 343 Å². The summed E-state index contributed by atoms with van der Waals surface area (Å²) in [7, 11) is -18.2. The average Bonchev–Trinajstić information content (AvgIpc) is 3.18. The van der Waals surface area contributed by atoms with Crippen LogP contribution in [0.15, 0.2) is 105 Å². The summed E-state index contributed by atoms with van der Waals surface area (Å²) in [4.78, 5) is 47.4. The van der Waals surface area contributed by atoms with E-state index in [1.165, 1.54) is 12.1 Å². The van der Waals surface area contributed by atoms with E-state index in [1.807, 2.05) is 0 Å². The van der Waals surface area contributed by atoms with Crippen LogP contribution in [-0.4, -0.2) is 114 Å². The van der Waals surface area contributed by atoms with E-state index in [2.05, 4.69) is 21.3 Å². The number of sulfone groups is 2. The third-order valence-corrected chi connectivity index (χ3v) is 13.1. The summed E-state index contributed by atoms with van der Waals surface area (Å²) in [5.41, 5.74) is -0.838. The van der Waals surface area contributed by atoms with E-state index in [4.69, 9.17) is 10.2 Å².